The van der Waals surface area contributed by atoms with E-state index in [1.54, 1.807) is 59.2 Å². The van der Waals surface area contributed by atoms with Crippen molar-refractivity contribution in [3.8, 4) is 0 Å². The SMILES string of the molecule is Cc1ccc(S(=O)(=O)c2c(NC(=O)c3ccc(Cl)cc3)n(CCc3ccccc3)c3nc4ccccc4nc23)cc1. The van der Waals surface area contributed by atoms with E-state index in [2.05, 4.69) is 5.32 Å². The molecule has 4 aromatic carbocycles. The van der Waals surface area contributed by atoms with Crippen molar-refractivity contribution in [1.29, 1.82) is 0 Å². The number of carbonyl (C=O) groups is 1. The normalized spacial score (nSPS) is 11.7. The molecule has 6 aromatic rings. The van der Waals surface area contributed by atoms with E-state index >= 15 is 0 Å². The van der Waals surface area contributed by atoms with Gasteiger partial charge in [0.1, 0.15) is 16.2 Å². The molecule has 0 bridgehead atoms. The number of anilines is 1. The highest BCUT2D eigenvalue weighted by molar-refractivity contribution is 7.92. The summed E-state index contributed by atoms with van der Waals surface area (Å²) in [5, 5.41) is 3.39. The monoisotopic (exact) mass is 580 g/mol. The van der Waals surface area contributed by atoms with Gasteiger partial charge in [0, 0.05) is 17.1 Å². The number of fused-ring (bicyclic) bond motifs is 2. The van der Waals surface area contributed by atoms with E-state index in [1.807, 2.05) is 55.5 Å². The van der Waals surface area contributed by atoms with E-state index in [0.29, 0.717) is 40.2 Å². The van der Waals surface area contributed by atoms with Crippen molar-refractivity contribution in [2.75, 3.05) is 5.32 Å². The van der Waals surface area contributed by atoms with E-state index < -0.39 is 15.7 Å². The number of sulfone groups is 1. The number of hydrogen-bond donors (Lipinski definition) is 1. The van der Waals surface area contributed by atoms with Gasteiger partial charge in [0.2, 0.25) is 9.84 Å². The van der Waals surface area contributed by atoms with Crippen LogP contribution in [0, 0.1) is 6.92 Å². The molecule has 1 amide bonds. The number of aryl methyl sites for hydroxylation is 3. The molecule has 2 aromatic heterocycles. The molecule has 0 aliphatic heterocycles. The Labute approximate surface area is 242 Å². The summed E-state index contributed by atoms with van der Waals surface area (Å²) in [6.07, 6.45) is 0.576. The summed E-state index contributed by atoms with van der Waals surface area (Å²) in [6.45, 7) is 2.24. The molecular weight excluding hydrogens is 556 g/mol. The maximum Gasteiger partial charge on any atom is 0.256 e. The van der Waals surface area contributed by atoms with Crippen molar-refractivity contribution in [3.05, 3.63) is 125 Å². The Hall–Kier alpha value is -4.53. The molecule has 0 saturated heterocycles. The van der Waals surface area contributed by atoms with Crippen LogP contribution in [0.4, 0.5) is 5.82 Å². The summed E-state index contributed by atoms with van der Waals surface area (Å²) in [6, 6.07) is 30.2. The van der Waals surface area contributed by atoms with Crippen molar-refractivity contribution >= 4 is 55.4 Å². The first kappa shape index (κ1) is 26.7. The lowest BCUT2D eigenvalue weighted by atomic mass is 10.1. The van der Waals surface area contributed by atoms with Crippen LogP contribution in [-0.4, -0.2) is 28.9 Å². The van der Waals surface area contributed by atoms with Crippen LogP contribution >= 0.6 is 11.6 Å². The van der Waals surface area contributed by atoms with Crippen LogP contribution in [0.1, 0.15) is 21.5 Å². The van der Waals surface area contributed by atoms with Gasteiger partial charge in [0.05, 0.1) is 15.9 Å². The molecule has 2 heterocycles. The van der Waals surface area contributed by atoms with Gasteiger partial charge in [0.15, 0.2) is 5.65 Å². The zero-order valence-corrected chi connectivity index (χ0v) is 23.7. The maximum atomic E-state index is 14.3. The number of carbonyl (C=O) groups excluding carboxylic acids is 1. The summed E-state index contributed by atoms with van der Waals surface area (Å²) < 4.78 is 30.4. The standard InChI is InChI=1S/C32H25ClN4O3S/c1-21-11-17-25(18-12-21)41(39,40)29-28-30(35-27-10-6-5-9-26(27)34-28)37(20-19-22-7-3-2-4-8-22)31(29)36-32(38)23-13-15-24(33)16-14-23/h2-18H,19-20H2,1H3,(H,36,38). The molecule has 0 fully saturated rings. The van der Waals surface area contributed by atoms with Gasteiger partial charge in [-0.25, -0.2) is 18.4 Å². The van der Waals surface area contributed by atoms with Gasteiger partial charge in [-0.15, -0.1) is 0 Å². The lowest BCUT2D eigenvalue weighted by Crippen LogP contribution is -2.18. The fraction of sp³-hybridized carbons (Fsp3) is 0.0938. The van der Waals surface area contributed by atoms with Crippen molar-refractivity contribution in [1.82, 2.24) is 14.5 Å². The van der Waals surface area contributed by atoms with Gasteiger partial charge < -0.3 is 9.88 Å². The third-order valence-electron chi connectivity index (χ3n) is 6.91. The number of rotatable bonds is 7. The third kappa shape index (κ3) is 5.19. The fourth-order valence-electron chi connectivity index (χ4n) is 4.77. The molecule has 0 unspecified atom stereocenters. The van der Waals surface area contributed by atoms with E-state index in [9.17, 15) is 13.2 Å². The summed E-state index contributed by atoms with van der Waals surface area (Å²) in [7, 11) is -4.14. The number of halogens is 1. The number of amides is 1. The van der Waals surface area contributed by atoms with Crippen molar-refractivity contribution in [2.45, 2.75) is 29.7 Å². The molecule has 7 nitrogen and oxygen atoms in total. The Balaban J connectivity index is 1.61. The Morgan fingerprint density at radius 3 is 2.15 bits per heavy atom. The fourth-order valence-corrected chi connectivity index (χ4v) is 6.43. The van der Waals surface area contributed by atoms with Crippen LogP contribution in [0.2, 0.25) is 5.02 Å². The van der Waals surface area contributed by atoms with Gasteiger partial charge in [-0.2, -0.15) is 0 Å². The topological polar surface area (TPSA) is 94.0 Å². The Morgan fingerprint density at radius 1 is 0.829 bits per heavy atom. The molecular formula is C32H25ClN4O3S. The molecule has 1 N–H and O–H groups in total. The van der Waals surface area contributed by atoms with Crippen LogP contribution in [0.3, 0.4) is 0 Å². The van der Waals surface area contributed by atoms with Gasteiger partial charge >= 0.3 is 0 Å². The quantitative estimate of drug-likeness (QED) is 0.222. The minimum atomic E-state index is -4.14. The highest BCUT2D eigenvalue weighted by Gasteiger charge is 2.32. The summed E-state index contributed by atoms with van der Waals surface area (Å²) in [5.74, 6) is -0.359. The average molecular weight is 581 g/mol. The number of nitrogens with one attached hydrogen (secondary N) is 1. The van der Waals surface area contributed by atoms with Crippen LogP contribution in [0.5, 0.6) is 0 Å². The minimum Gasteiger partial charge on any atom is -0.309 e. The average Bonchev–Trinajstić information content (AvgIpc) is 3.28. The molecule has 0 saturated carbocycles. The molecule has 9 heteroatoms. The van der Waals surface area contributed by atoms with Gasteiger partial charge in [0.25, 0.3) is 5.91 Å². The summed E-state index contributed by atoms with van der Waals surface area (Å²) in [5.41, 5.74) is 4.06. The van der Waals surface area contributed by atoms with E-state index in [0.717, 1.165) is 11.1 Å². The molecule has 0 aliphatic rings. The first-order valence-electron chi connectivity index (χ1n) is 13.0. The highest BCUT2D eigenvalue weighted by Crippen LogP contribution is 2.37. The summed E-state index contributed by atoms with van der Waals surface area (Å²) in [4.78, 5) is 23.2. The molecule has 6 rings (SSSR count). The van der Waals surface area contributed by atoms with E-state index in [1.165, 1.54) is 0 Å². The van der Waals surface area contributed by atoms with E-state index in [4.69, 9.17) is 21.6 Å². The lowest BCUT2D eigenvalue weighted by molar-refractivity contribution is 0.102. The van der Waals surface area contributed by atoms with Gasteiger partial charge in [-0.05, 0) is 67.4 Å². The molecule has 204 valence electrons. The van der Waals surface area contributed by atoms with Crippen molar-refractivity contribution < 1.29 is 13.2 Å². The zero-order valence-electron chi connectivity index (χ0n) is 22.1. The van der Waals surface area contributed by atoms with Crippen molar-refractivity contribution in [3.63, 3.8) is 0 Å². The number of nitrogens with zero attached hydrogens (tertiary/aromatic N) is 3. The van der Waals surface area contributed by atoms with Crippen LogP contribution in [0.15, 0.2) is 113 Å². The number of benzene rings is 4. The van der Waals surface area contributed by atoms with Crippen LogP contribution < -0.4 is 5.32 Å². The van der Waals surface area contributed by atoms with Crippen LogP contribution in [-0.2, 0) is 22.8 Å². The Kier molecular flexibility index (Phi) is 7.03. The number of hydrogen-bond acceptors (Lipinski definition) is 5. The minimum absolute atomic E-state index is 0.0926. The Bertz CT molecular complexity index is 2010. The molecule has 0 spiro atoms. The predicted octanol–water partition coefficient (Wildman–Crippen LogP) is 6.87. The lowest BCUT2D eigenvalue weighted by Gasteiger charge is -2.14. The second-order valence-corrected chi connectivity index (χ2v) is 12.0. The third-order valence-corrected chi connectivity index (χ3v) is 8.98. The first-order valence-corrected chi connectivity index (χ1v) is 14.9. The number of para-hydroxylation sites is 2. The van der Waals surface area contributed by atoms with E-state index in [-0.39, 0.29) is 21.1 Å². The second kappa shape index (κ2) is 10.8. The number of aromatic nitrogens is 3. The highest BCUT2D eigenvalue weighted by atomic mass is 35.5. The molecule has 41 heavy (non-hydrogen) atoms. The largest absolute Gasteiger partial charge is 0.309 e. The van der Waals surface area contributed by atoms with Gasteiger partial charge in [-0.3, -0.25) is 4.79 Å². The summed E-state index contributed by atoms with van der Waals surface area (Å²) >= 11 is 6.04. The second-order valence-electron chi connectivity index (χ2n) is 9.73. The predicted molar refractivity (Wildman–Crippen MR) is 161 cm³/mol. The van der Waals surface area contributed by atoms with Crippen LogP contribution in [0.25, 0.3) is 22.2 Å². The molecule has 0 aliphatic carbocycles. The maximum absolute atomic E-state index is 14.3. The Morgan fingerprint density at radius 2 is 1.46 bits per heavy atom. The zero-order chi connectivity index (χ0) is 28.6. The smallest absolute Gasteiger partial charge is 0.256 e. The first-order chi connectivity index (χ1) is 19.8. The molecule has 0 atom stereocenters. The molecule has 0 radical (unpaired) electrons. The van der Waals surface area contributed by atoms with Crippen molar-refractivity contribution in [2.24, 2.45) is 0 Å². The van der Waals surface area contributed by atoms with Gasteiger partial charge in [-0.1, -0.05) is 71.8 Å².